The number of aryl methyl sites for hydroxylation is 3. The van der Waals surface area contributed by atoms with Gasteiger partial charge in [-0.15, -0.1) is 5.10 Å². The molecule has 0 unspecified atom stereocenters. The van der Waals surface area contributed by atoms with Crippen LogP contribution in [0.15, 0.2) is 48.5 Å². The Bertz CT molecular complexity index is 1030. The van der Waals surface area contributed by atoms with Gasteiger partial charge in [-0.1, -0.05) is 35.9 Å². The lowest BCUT2D eigenvalue weighted by atomic mass is 10.1. The van der Waals surface area contributed by atoms with E-state index in [0.29, 0.717) is 18.8 Å². The number of para-hydroxylation sites is 1. The van der Waals surface area contributed by atoms with Gasteiger partial charge in [0, 0.05) is 0 Å². The molecule has 156 valence electrons. The first-order valence-corrected chi connectivity index (χ1v) is 9.57. The molecule has 0 saturated carbocycles. The summed E-state index contributed by atoms with van der Waals surface area (Å²) in [5, 5.41) is 11.0. The number of carbonyl (C=O) groups is 2. The highest BCUT2D eigenvalue weighted by molar-refractivity contribution is 5.90. The molecule has 0 bridgehead atoms. The van der Waals surface area contributed by atoms with Crippen LogP contribution in [0.1, 0.15) is 27.3 Å². The number of ether oxygens (including phenoxy) is 2. The molecule has 0 aliphatic rings. The van der Waals surface area contributed by atoms with Crippen LogP contribution in [0.2, 0.25) is 0 Å². The maximum absolute atomic E-state index is 12.3. The number of hydrogen-bond acceptors (Lipinski definition) is 6. The number of benzene rings is 2. The van der Waals surface area contributed by atoms with Gasteiger partial charge in [0.15, 0.2) is 12.3 Å². The van der Waals surface area contributed by atoms with Gasteiger partial charge in [-0.2, -0.15) is 9.90 Å². The highest BCUT2D eigenvalue weighted by Crippen LogP contribution is 2.18. The maximum atomic E-state index is 12.3. The summed E-state index contributed by atoms with van der Waals surface area (Å²) in [6.07, 6.45) is 0. The van der Waals surface area contributed by atoms with Crippen LogP contribution in [-0.4, -0.2) is 46.6 Å². The van der Waals surface area contributed by atoms with E-state index in [1.54, 1.807) is 6.92 Å². The average Bonchev–Trinajstić information content (AvgIpc) is 3.13. The largest absolute Gasteiger partial charge is 0.491 e. The third-order valence-electron chi connectivity index (χ3n) is 4.31. The predicted octanol–water partition coefficient (Wildman–Crippen LogP) is 2.54. The molecule has 0 atom stereocenters. The summed E-state index contributed by atoms with van der Waals surface area (Å²) in [5.41, 5.74) is 3.42. The van der Waals surface area contributed by atoms with Gasteiger partial charge in [0.1, 0.15) is 12.4 Å². The summed E-state index contributed by atoms with van der Waals surface area (Å²) in [6.45, 7) is 5.85. The van der Waals surface area contributed by atoms with Crippen molar-refractivity contribution in [3.63, 3.8) is 0 Å². The van der Waals surface area contributed by atoms with E-state index in [2.05, 4.69) is 15.5 Å². The Balaban J connectivity index is 1.43. The summed E-state index contributed by atoms with van der Waals surface area (Å²) < 4.78 is 10.7. The molecule has 1 aromatic heterocycles. The minimum absolute atomic E-state index is 0.0739. The zero-order chi connectivity index (χ0) is 21.5. The SMILES string of the molecule is Cc1ccc(OCCNC(=O)COC(=O)c2nn(-c3ccccc3)nc2C)c(C)c1. The van der Waals surface area contributed by atoms with Gasteiger partial charge < -0.3 is 14.8 Å². The zero-order valence-corrected chi connectivity index (χ0v) is 17.2. The van der Waals surface area contributed by atoms with Crippen molar-refractivity contribution < 1.29 is 19.1 Å². The number of esters is 1. The van der Waals surface area contributed by atoms with Crippen molar-refractivity contribution in [2.24, 2.45) is 0 Å². The Hall–Kier alpha value is -3.68. The van der Waals surface area contributed by atoms with Crippen molar-refractivity contribution in [1.29, 1.82) is 0 Å². The summed E-state index contributed by atoms with van der Waals surface area (Å²) in [7, 11) is 0. The first kappa shape index (κ1) is 21.0. The molecule has 0 spiro atoms. The van der Waals surface area contributed by atoms with E-state index in [1.165, 1.54) is 4.80 Å². The Morgan fingerprint density at radius 1 is 1.03 bits per heavy atom. The van der Waals surface area contributed by atoms with Crippen LogP contribution in [0.25, 0.3) is 5.69 Å². The lowest BCUT2D eigenvalue weighted by Gasteiger charge is -2.10. The summed E-state index contributed by atoms with van der Waals surface area (Å²) >= 11 is 0. The van der Waals surface area contributed by atoms with Gasteiger partial charge in [-0.05, 0) is 44.5 Å². The number of rotatable bonds is 8. The standard InChI is InChI=1S/C22H24N4O4/c1-15-9-10-19(16(2)13-15)29-12-11-23-20(27)14-30-22(28)21-17(3)24-26(25-21)18-7-5-4-6-8-18/h4-10,13H,11-12,14H2,1-3H3,(H,23,27). The molecule has 2 aromatic carbocycles. The quantitative estimate of drug-likeness (QED) is 0.455. The van der Waals surface area contributed by atoms with Crippen LogP contribution in [-0.2, 0) is 9.53 Å². The highest BCUT2D eigenvalue weighted by atomic mass is 16.5. The molecule has 0 fully saturated rings. The van der Waals surface area contributed by atoms with Crippen LogP contribution in [0.3, 0.4) is 0 Å². The first-order chi connectivity index (χ1) is 14.4. The number of carbonyl (C=O) groups excluding carboxylic acids is 2. The Morgan fingerprint density at radius 3 is 2.53 bits per heavy atom. The monoisotopic (exact) mass is 408 g/mol. The predicted molar refractivity (Wildman–Crippen MR) is 111 cm³/mol. The minimum Gasteiger partial charge on any atom is -0.491 e. The van der Waals surface area contributed by atoms with E-state index in [9.17, 15) is 9.59 Å². The second-order valence-corrected chi connectivity index (χ2v) is 6.80. The lowest BCUT2D eigenvalue weighted by molar-refractivity contribution is -0.124. The number of nitrogens with zero attached hydrogens (tertiary/aromatic N) is 3. The van der Waals surface area contributed by atoms with Gasteiger partial charge >= 0.3 is 5.97 Å². The Kier molecular flexibility index (Phi) is 6.79. The van der Waals surface area contributed by atoms with Gasteiger partial charge in [0.2, 0.25) is 0 Å². The number of nitrogens with one attached hydrogen (secondary N) is 1. The van der Waals surface area contributed by atoms with Crippen LogP contribution < -0.4 is 10.1 Å². The van der Waals surface area contributed by atoms with E-state index >= 15 is 0 Å². The van der Waals surface area contributed by atoms with Gasteiger partial charge in [0.05, 0.1) is 17.9 Å². The topological polar surface area (TPSA) is 95.3 Å². The molecular formula is C22H24N4O4. The van der Waals surface area contributed by atoms with Crippen molar-refractivity contribution >= 4 is 11.9 Å². The van der Waals surface area contributed by atoms with Crippen LogP contribution in [0.5, 0.6) is 5.75 Å². The summed E-state index contributed by atoms with van der Waals surface area (Å²) in [4.78, 5) is 25.5. The molecule has 8 nitrogen and oxygen atoms in total. The van der Waals surface area contributed by atoms with Crippen molar-refractivity contribution in [2.75, 3.05) is 19.8 Å². The number of hydrogen-bond donors (Lipinski definition) is 1. The molecular weight excluding hydrogens is 384 g/mol. The molecule has 0 radical (unpaired) electrons. The smallest absolute Gasteiger partial charge is 0.361 e. The fraction of sp³-hybridized carbons (Fsp3) is 0.273. The normalized spacial score (nSPS) is 10.5. The van der Waals surface area contributed by atoms with Gasteiger partial charge in [0.25, 0.3) is 5.91 Å². The second kappa shape index (κ2) is 9.69. The van der Waals surface area contributed by atoms with E-state index < -0.39 is 18.5 Å². The van der Waals surface area contributed by atoms with Gasteiger partial charge in [-0.25, -0.2) is 4.79 Å². The molecule has 0 aliphatic heterocycles. The van der Waals surface area contributed by atoms with E-state index in [0.717, 1.165) is 22.6 Å². The van der Waals surface area contributed by atoms with Crippen LogP contribution >= 0.6 is 0 Å². The third kappa shape index (κ3) is 5.44. The molecule has 1 heterocycles. The molecule has 1 N–H and O–H groups in total. The van der Waals surface area contributed by atoms with Crippen LogP contribution in [0, 0.1) is 20.8 Å². The lowest BCUT2D eigenvalue weighted by Crippen LogP contribution is -2.32. The Morgan fingerprint density at radius 2 is 1.80 bits per heavy atom. The number of amides is 1. The van der Waals surface area contributed by atoms with E-state index in [-0.39, 0.29) is 5.69 Å². The highest BCUT2D eigenvalue weighted by Gasteiger charge is 2.19. The fourth-order valence-electron chi connectivity index (χ4n) is 2.81. The molecule has 1 amide bonds. The van der Waals surface area contributed by atoms with Crippen molar-refractivity contribution in [3.05, 3.63) is 71.0 Å². The first-order valence-electron chi connectivity index (χ1n) is 9.57. The van der Waals surface area contributed by atoms with Gasteiger partial charge in [-0.3, -0.25) is 4.79 Å². The van der Waals surface area contributed by atoms with Crippen LogP contribution in [0.4, 0.5) is 0 Å². The minimum atomic E-state index is -0.698. The number of aromatic nitrogens is 3. The van der Waals surface area contributed by atoms with Crippen molar-refractivity contribution in [1.82, 2.24) is 20.3 Å². The second-order valence-electron chi connectivity index (χ2n) is 6.80. The molecule has 3 aromatic rings. The molecule has 0 saturated heterocycles. The summed E-state index contributed by atoms with van der Waals surface area (Å²) in [5.74, 6) is -0.338. The van der Waals surface area contributed by atoms with E-state index in [1.807, 2.05) is 62.4 Å². The molecule has 3 rings (SSSR count). The van der Waals surface area contributed by atoms with Crippen molar-refractivity contribution in [3.8, 4) is 11.4 Å². The Labute approximate surface area is 174 Å². The average molecular weight is 408 g/mol. The van der Waals surface area contributed by atoms with E-state index in [4.69, 9.17) is 9.47 Å². The van der Waals surface area contributed by atoms with Crippen molar-refractivity contribution in [2.45, 2.75) is 20.8 Å². The summed E-state index contributed by atoms with van der Waals surface area (Å²) in [6, 6.07) is 15.1. The fourth-order valence-corrected chi connectivity index (χ4v) is 2.81. The zero-order valence-electron chi connectivity index (χ0n) is 17.2. The molecule has 0 aliphatic carbocycles. The third-order valence-corrected chi connectivity index (χ3v) is 4.31. The maximum Gasteiger partial charge on any atom is 0.361 e. The molecule has 8 heteroatoms. The molecule has 30 heavy (non-hydrogen) atoms.